The number of nitrogens with zero attached hydrogens (tertiary/aromatic N) is 5. The Balaban J connectivity index is 1.04. The smallest absolute Gasteiger partial charge is 0.318 e. The first-order valence-corrected chi connectivity index (χ1v) is 17.4. The third-order valence-electron chi connectivity index (χ3n) is 11.2. The van der Waals surface area contributed by atoms with Crippen LogP contribution in [0.2, 0.25) is 0 Å². The summed E-state index contributed by atoms with van der Waals surface area (Å²) in [6.45, 7) is 7.27. The highest BCUT2D eigenvalue weighted by Crippen LogP contribution is 2.40. The van der Waals surface area contributed by atoms with E-state index < -0.39 is 0 Å². The molecule has 4 aromatic rings. The van der Waals surface area contributed by atoms with E-state index in [0.29, 0.717) is 31.3 Å². The Hall–Kier alpha value is -3.88. The topological polar surface area (TPSA) is 66.0 Å². The minimum absolute atomic E-state index is 0.165. The lowest BCUT2D eigenvalue weighted by molar-refractivity contribution is 0.107. The highest BCUT2D eigenvalue weighted by atomic mass is 16.5. The lowest BCUT2D eigenvalue weighted by atomic mass is 9.95. The number of fused-ring (bicyclic) bond motifs is 5. The zero-order chi connectivity index (χ0) is 30.5. The molecule has 1 N–H and O–H groups in total. The van der Waals surface area contributed by atoms with Crippen LogP contribution in [0.25, 0.3) is 10.8 Å². The van der Waals surface area contributed by atoms with E-state index in [9.17, 15) is 0 Å². The largest absolute Gasteiger partial charge is 0.489 e. The second kappa shape index (κ2) is 11.7. The number of nitrogens with one attached hydrogen (secondary N) is 1. The van der Waals surface area contributed by atoms with E-state index in [1.807, 2.05) is 6.07 Å². The number of rotatable bonds is 8. The van der Waals surface area contributed by atoms with Gasteiger partial charge in [-0.05, 0) is 75.1 Å². The van der Waals surface area contributed by atoms with Crippen LogP contribution in [0.1, 0.15) is 55.3 Å². The number of anilines is 2. The summed E-state index contributed by atoms with van der Waals surface area (Å²) < 4.78 is 13.0. The van der Waals surface area contributed by atoms with Crippen LogP contribution in [0.5, 0.6) is 11.8 Å². The number of ether oxygens (including phenoxy) is 2. The molecule has 5 aliphatic heterocycles. The van der Waals surface area contributed by atoms with Crippen LogP contribution in [0.15, 0.2) is 66.7 Å². The summed E-state index contributed by atoms with van der Waals surface area (Å²) in [5.41, 5.74) is 4.93. The van der Waals surface area contributed by atoms with Gasteiger partial charge in [0.25, 0.3) is 0 Å². The number of hydrogen-bond donors (Lipinski definition) is 1. The summed E-state index contributed by atoms with van der Waals surface area (Å²) >= 11 is 0. The van der Waals surface area contributed by atoms with E-state index in [-0.39, 0.29) is 5.54 Å². The van der Waals surface area contributed by atoms with Gasteiger partial charge in [0.2, 0.25) is 0 Å². The zero-order valence-electron chi connectivity index (χ0n) is 26.7. The lowest BCUT2D eigenvalue weighted by Crippen LogP contribution is -2.52. The molecule has 0 saturated carbocycles. The summed E-state index contributed by atoms with van der Waals surface area (Å²) in [6, 6.07) is 25.1. The predicted octanol–water partition coefficient (Wildman–Crippen LogP) is 5.72. The molecule has 3 aromatic carbocycles. The second-order valence-electron chi connectivity index (χ2n) is 14.1. The summed E-state index contributed by atoms with van der Waals surface area (Å²) in [5, 5.41) is 6.23. The average Bonchev–Trinajstić information content (AvgIpc) is 3.79. The number of hydrogen-bond acceptors (Lipinski definition) is 8. The molecular weight excluding hydrogens is 572 g/mol. The summed E-state index contributed by atoms with van der Waals surface area (Å²) in [5.74, 6) is 2.00. The van der Waals surface area contributed by atoms with E-state index >= 15 is 0 Å². The Morgan fingerprint density at radius 2 is 1.61 bits per heavy atom. The summed E-state index contributed by atoms with van der Waals surface area (Å²) in [4.78, 5) is 18.1. The molecule has 1 aromatic heterocycles. The van der Waals surface area contributed by atoms with Crippen molar-refractivity contribution in [3.05, 3.63) is 83.6 Å². The quantitative estimate of drug-likeness (QED) is 0.270. The SMILES string of the molecule is c1ccc(COc2cc(N3CCc4c(nc(OCC56CCCN5CCC6)nc4N4C[C@H]5CC[C@@H](C4)N5)C3)c3ccccc3c2)cc1. The van der Waals surface area contributed by atoms with E-state index in [1.54, 1.807) is 0 Å². The zero-order valence-corrected chi connectivity index (χ0v) is 26.7. The minimum atomic E-state index is 0.165. The molecule has 0 unspecified atom stereocenters. The third-order valence-corrected chi connectivity index (χ3v) is 11.2. The van der Waals surface area contributed by atoms with Crippen molar-refractivity contribution in [2.75, 3.05) is 49.1 Å². The van der Waals surface area contributed by atoms with Crippen LogP contribution >= 0.6 is 0 Å². The molecule has 4 saturated heterocycles. The molecule has 2 atom stereocenters. The molecule has 0 amide bonds. The van der Waals surface area contributed by atoms with Crippen LogP contribution < -0.4 is 24.6 Å². The van der Waals surface area contributed by atoms with Gasteiger partial charge < -0.3 is 24.6 Å². The fraction of sp³-hybridized carbons (Fsp3) is 0.474. The van der Waals surface area contributed by atoms with Crippen LogP contribution in [0, 0.1) is 0 Å². The Morgan fingerprint density at radius 3 is 2.43 bits per heavy atom. The van der Waals surface area contributed by atoms with Gasteiger partial charge in [-0.1, -0.05) is 54.6 Å². The molecule has 9 rings (SSSR count). The van der Waals surface area contributed by atoms with E-state index in [2.05, 4.69) is 80.7 Å². The molecule has 4 fully saturated rings. The van der Waals surface area contributed by atoms with Gasteiger partial charge in [0.15, 0.2) is 0 Å². The molecule has 8 nitrogen and oxygen atoms in total. The molecule has 0 aliphatic carbocycles. The van der Waals surface area contributed by atoms with Crippen LogP contribution in [-0.4, -0.2) is 71.8 Å². The van der Waals surface area contributed by atoms with E-state index in [1.165, 1.54) is 79.2 Å². The standard InChI is InChI=1S/C38H44N6O2/c1-2-8-27(9-3-1)25-45-31-20-28-10-4-5-11-32(28)35(21-31)42-19-14-33-34(24-42)40-37(46-26-38-15-6-17-44(38)18-7-16-38)41-36(33)43-22-29-12-13-30(23-43)39-29/h1-5,8-11,20-21,29-30,39H,6-7,12-19,22-26H2/t29-,30+. The molecule has 6 heterocycles. The van der Waals surface area contributed by atoms with Crippen LogP contribution in [0.3, 0.4) is 0 Å². The van der Waals surface area contributed by atoms with Gasteiger partial charge in [-0.2, -0.15) is 9.97 Å². The van der Waals surface area contributed by atoms with Gasteiger partial charge in [0, 0.05) is 54.4 Å². The Labute approximate surface area is 271 Å². The van der Waals surface area contributed by atoms with Crippen molar-refractivity contribution in [1.82, 2.24) is 20.2 Å². The predicted molar refractivity (Wildman–Crippen MR) is 182 cm³/mol. The first-order valence-electron chi connectivity index (χ1n) is 17.4. The summed E-state index contributed by atoms with van der Waals surface area (Å²) in [7, 11) is 0. The maximum atomic E-state index is 6.62. The molecule has 46 heavy (non-hydrogen) atoms. The van der Waals surface area contributed by atoms with Crippen molar-refractivity contribution in [3.8, 4) is 11.8 Å². The number of piperazine rings is 1. The monoisotopic (exact) mass is 616 g/mol. The molecular formula is C38H44N6O2. The van der Waals surface area contributed by atoms with Crippen LogP contribution in [-0.2, 0) is 19.6 Å². The van der Waals surface area contributed by atoms with Gasteiger partial charge in [-0.15, -0.1) is 0 Å². The third kappa shape index (κ3) is 5.25. The van der Waals surface area contributed by atoms with Crippen molar-refractivity contribution >= 4 is 22.3 Å². The van der Waals surface area contributed by atoms with Crippen molar-refractivity contribution in [3.63, 3.8) is 0 Å². The van der Waals surface area contributed by atoms with Crippen molar-refractivity contribution < 1.29 is 9.47 Å². The molecule has 8 heteroatoms. The molecule has 5 aliphatic rings. The van der Waals surface area contributed by atoms with E-state index in [0.717, 1.165) is 49.9 Å². The van der Waals surface area contributed by atoms with Gasteiger partial charge >= 0.3 is 6.01 Å². The van der Waals surface area contributed by atoms with Crippen molar-refractivity contribution in [2.45, 2.75) is 75.7 Å². The number of aromatic nitrogens is 2. The minimum Gasteiger partial charge on any atom is -0.489 e. The van der Waals surface area contributed by atoms with Gasteiger partial charge in [0.1, 0.15) is 24.8 Å². The molecule has 2 bridgehead atoms. The normalized spacial score (nSPS) is 23.5. The van der Waals surface area contributed by atoms with Crippen molar-refractivity contribution in [2.24, 2.45) is 0 Å². The van der Waals surface area contributed by atoms with Gasteiger partial charge in [0.05, 0.1) is 17.8 Å². The van der Waals surface area contributed by atoms with Crippen molar-refractivity contribution in [1.29, 1.82) is 0 Å². The maximum absolute atomic E-state index is 6.62. The Bertz CT molecular complexity index is 1710. The Morgan fingerprint density at radius 1 is 0.826 bits per heavy atom. The lowest BCUT2D eigenvalue weighted by Gasteiger charge is -2.38. The highest BCUT2D eigenvalue weighted by molar-refractivity contribution is 5.95. The van der Waals surface area contributed by atoms with E-state index in [4.69, 9.17) is 19.4 Å². The fourth-order valence-electron chi connectivity index (χ4n) is 8.90. The first-order chi connectivity index (χ1) is 22.7. The summed E-state index contributed by atoms with van der Waals surface area (Å²) in [6.07, 6.45) is 8.37. The molecule has 0 radical (unpaired) electrons. The van der Waals surface area contributed by atoms with Crippen LogP contribution in [0.4, 0.5) is 11.5 Å². The highest BCUT2D eigenvalue weighted by Gasteiger charge is 2.45. The molecule has 238 valence electrons. The first kappa shape index (κ1) is 28.4. The molecule has 0 spiro atoms. The fourth-order valence-corrected chi connectivity index (χ4v) is 8.90. The van der Waals surface area contributed by atoms with Gasteiger partial charge in [-0.25, -0.2) is 0 Å². The second-order valence-corrected chi connectivity index (χ2v) is 14.1. The van der Waals surface area contributed by atoms with Gasteiger partial charge in [-0.3, -0.25) is 4.90 Å². The Kier molecular flexibility index (Phi) is 7.23. The maximum Gasteiger partial charge on any atom is 0.318 e. The number of benzene rings is 3. The average molecular weight is 617 g/mol.